The number of aromatic amines is 1. The van der Waals surface area contributed by atoms with Crippen LogP contribution >= 0.6 is 0 Å². The number of phenolic OH excluding ortho intramolecular Hbond substituents is 1. The van der Waals surface area contributed by atoms with Crippen LogP contribution in [0, 0.1) is 0 Å². The number of aliphatic carboxylic acids is 1. The Hall–Kier alpha value is -5.05. The van der Waals surface area contributed by atoms with Gasteiger partial charge in [0.25, 0.3) is 5.91 Å². The van der Waals surface area contributed by atoms with Crippen LogP contribution in [0.1, 0.15) is 5.56 Å². The topological polar surface area (TPSA) is 142 Å². The number of H-pyrrole nitrogens is 1. The molecule has 0 aliphatic carbocycles. The fraction of sp³-hybridized carbons (Fsp3) is 0.107. The van der Waals surface area contributed by atoms with Crippen molar-refractivity contribution in [2.75, 3.05) is 6.61 Å². The fourth-order valence-corrected chi connectivity index (χ4v) is 4.18. The van der Waals surface area contributed by atoms with Crippen molar-refractivity contribution < 1.29 is 29.0 Å². The first-order valence-corrected chi connectivity index (χ1v) is 11.5. The molecule has 3 aromatic carbocycles. The number of aromatic nitrogens is 1. The van der Waals surface area contributed by atoms with Gasteiger partial charge in [-0.15, -0.1) is 0 Å². The summed E-state index contributed by atoms with van der Waals surface area (Å²) in [6.45, 7) is -0.509. The predicted molar refractivity (Wildman–Crippen MR) is 137 cm³/mol. The summed E-state index contributed by atoms with van der Waals surface area (Å²) in [6, 6.07) is 19.2. The number of para-hydroxylation sites is 1. The molecule has 0 fully saturated rings. The van der Waals surface area contributed by atoms with Gasteiger partial charge in [-0.1, -0.05) is 48.5 Å². The summed E-state index contributed by atoms with van der Waals surface area (Å²) >= 11 is 0. The van der Waals surface area contributed by atoms with Gasteiger partial charge in [-0.2, -0.15) is 0 Å². The maximum Gasteiger partial charge on any atom is 0.326 e. The van der Waals surface area contributed by atoms with Gasteiger partial charge in [-0.05, 0) is 11.6 Å². The molecule has 2 aromatic heterocycles. The molecule has 0 aliphatic heterocycles. The number of carboxylic acids is 1. The largest absolute Gasteiger partial charge is 0.507 e. The molecule has 0 saturated heterocycles. The molecule has 1 atom stereocenters. The minimum Gasteiger partial charge on any atom is -0.507 e. The lowest BCUT2D eigenvalue weighted by molar-refractivity contribution is -0.142. The lowest BCUT2D eigenvalue weighted by Crippen LogP contribution is -2.44. The molecule has 0 aliphatic rings. The van der Waals surface area contributed by atoms with Crippen LogP contribution in [0.2, 0.25) is 0 Å². The molecule has 9 nitrogen and oxygen atoms in total. The Morgan fingerprint density at radius 3 is 2.57 bits per heavy atom. The van der Waals surface area contributed by atoms with Gasteiger partial charge in [0.2, 0.25) is 0 Å². The molecule has 0 saturated carbocycles. The maximum atomic E-state index is 12.6. The summed E-state index contributed by atoms with van der Waals surface area (Å²) in [7, 11) is 0. The molecule has 2 heterocycles. The van der Waals surface area contributed by atoms with Crippen LogP contribution in [0.3, 0.4) is 0 Å². The number of carbonyl (C=O) groups is 2. The van der Waals surface area contributed by atoms with E-state index in [4.69, 9.17) is 9.15 Å². The van der Waals surface area contributed by atoms with Crippen LogP contribution in [0.5, 0.6) is 11.5 Å². The number of amides is 1. The van der Waals surface area contributed by atoms with Crippen molar-refractivity contribution in [3.05, 3.63) is 94.8 Å². The number of hydrogen-bond acceptors (Lipinski definition) is 6. The predicted octanol–water partition coefficient (Wildman–Crippen LogP) is 3.84. The Morgan fingerprint density at radius 1 is 1.03 bits per heavy atom. The smallest absolute Gasteiger partial charge is 0.326 e. The Morgan fingerprint density at radius 2 is 1.78 bits per heavy atom. The second-order valence-corrected chi connectivity index (χ2v) is 8.47. The third-order valence-electron chi connectivity index (χ3n) is 5.94. The summed E-state index contributed by atoms with van der Waals surface area (Å²) in [5.74, 6) is -1.81. The molecule has 0 bridgehead atoms. The maximum absolute atomic E-state index is 12.6. The molecule has 37 heavy (non-hydrogen) atoms. The summed E-state index contributed by atoms with van der Waals surface area (Å²) < 4.78 is 11.3. The monoisotopic (exact) mass is 498 g/mol. The zero-order valence-corrected chi connectivity index (χ0v) is 19.4. The minimum atomic E-state index is -1.18. The lowest BCUT2D eigenvalue weighted by atomic mass is 10.1. The van der Waals surface area contributed by atoms with E-state index in [1.54, 1.807) is 30.5 Å². The SMILES string of the molecule is O=C(COc1cc(O)c2c(=O)cc(-c3ccccc3)oc2c1)NC(Cc1c[nH]c2ccccc12)C(=O)O. The second-order valence-electron chi connectivity index (χ2n) is 8.47. The zero-order chi connectivity index (χ0) is 25.9. The van der Waals surface area contributed by atoms with Crippen LogP contribution in [0.25, 0.3) is 33.2 Å². The van der Waals surface area contributed by atoms with Crippen LogP contribution < -0.4 is 15.5 Å². The Labute approximate surface area is 209 Å². The molecule has 0 radical (unpaired) electrons. The second kappa shape index (κ2) is 9.90. The Bertz CT molecular complexity index is 1670. The van der Waals surface area contributed by atoms with Crippen molar-refractivity contribution in [3.8, 4) is 22.8 Å². The summed E-state index contributed by atoms with van der Waals surface area (Å²) in [6.07, 6.45) is 1.80. The highest BCUT2D eigenvalue weighted by molar-refractivity contribution is 5.88. The number of hydrogen-bond donors (Lipinski definition) is 4. The zero-order valence-electron chi connectivity index (χ0n) is 19.4. The molecular weight excluding hydrogens is 476 g/mol. The number of nitrogens with one attached hydrogen (secondary N) is 2. The van der Waals surface area contributed by atoms with Crippen molar-refractivity contribution in [1.82, 2.24) is 10.3 Å². The molecule has 0 spiro atoms. The van der Waals surface area contributed by atoms with Crippen LogP contribution in [-0.2, 0) is 16.0 Å². The Balaban J connectivity index is 1.31. The van der Waals surface area contributed by atoms with E-state index in [1.165, 1.54) is 18.2 Å². The molecule has 186 valence electrons. The van der Waals surface area contributed by atoms with Crippen molar-refractivity contribution in [1.29, 1.82) is 0 Å². The molecular formula is C28H22N2O7. The third kappa shape index (κ3) is 5.01. The standard InChI is InChI=1S/C28H22N2O7/c31-22-11-18(12-25-27(22)23(32)13-24(37-25)16-6-2-1-3-7-16)36-15-26(33)30-21(28(34)35)10-17-14-29-20-9-5-4-8-19(17)20/h1-9,11-14,21,29,31H,10,15H2,(H,30,33)(H,34,35). The van der Waals surface area contributed by atoms with Gasteiger partial charge in [0.1, 0.15) is 34.3 Å². The molecule has 5 rings (SSSR count). The van der Waals surface area contributed by atoms with Gasteiger partial charge in [0.15, 0.2) is 12.0 Å². The van der Waals surface area contributed by atoms with Crippen molar-refractivity contribution in [3.63, 3.8) is 0 Å². The van der Waals surface area contributed by atoms with E-state index in [1.807, 2.05) is 30.3 Å². The molecule has 4 N–H and O–H groups in total. The van der Waals surface area contributed by atoms with Crippen molar-refractivity contribution in [2.45, 2.75) is 12.5 Å². The van der Waals surface area contributed by atoms with Gasteiger partial charge in [-0.3, -0.25) is 9.59 Å². The van der Waals surface area contributed by atoms with Crippen molar-refractivity contribution >= 4 is 33.7 Å². The first-order valence-electron chi connectivity index (χ1n) is 11.5. The number of carbonyl (C=O) groups excluding carboxylic acids is 1. The van der Waals surface area contributed by atoms with Gasteiger partial charge in [-0.25, -0.2) is 4.79 Å². The number of benzene rings is 3. The van der Waals surface area contributed by atoms with Gasteiger partial charge >= 0.3 is 5.97 Å². The van der Waals surface area contributed by atoms with E-state index in [9.17, 15) is 24.6 Å². The highest BCUT2D eigenvalue weighted by Crippen LogP contribution is 2.31. The summed E-state index contributed by atoms with van der Waals surface area (Å²) in [5.41, 5.74) is 1.97. The van der Waals surface area contributed by atoms with E-state index < -0.39 is 30.0 Å². The first kappa shape index (κ1) is 23.7. The number of aromatic hydroxyl groups is 1. The summed E-state index contributed by atoms with van der Waals surface area (Å²) in [4.78, 5) is 40.0. The number of fused-ring (bicyclic) bond motifs is 2. The van der Waals surface area contributed by atoms with Crippen LogP contribution in [-0.4, -0.2) is 39.7 Å². The number of rotatable bonds is 8. The lowest BCUT2D eigenvalue weighted by Gasteiger charge is -2.15. The van der Waals surface area contributed by atoms with E-state index >= 15 is 0 Å². The molecule has 1 amide bonds. The Kier molecular flexibility index (Phi) is 6.34. The van der Waals surface area contributed by atoms with Crippen LogP contribution in [0.4, 0.5) is 0 Å². The normalized spacial score (nSPS) is 11.9. The number of carboxylic acid groups (broad SMARTS) is 1. The van der Waals surface area contributed by atoms with Gasteiger partial charge in [0.05, 0.1) is 0 Å². The average molecular weight is 498 g/mol. The number of phenols is 1. The molecule has 9 heteroatoms. The number of ether oxygens (including phenoxy) is 1. The van der Waals surface area contributed by atoms with Crippen molar-refractivity contribution in [2.24, 2.45) is 0 Å². The quantitative estimate of drug-likeness (QED) is 0.255. The first-order chi connectivity index (χ1) is 17.9. The van der Waals surface area contributed by atoms with E-state index in [0.717, 1.165) is 16.5 Å². The van der Waals surface area contributed by atoms with E-state index in [0.29, 0.717) is 11.3 Å². The van der Waals surface area contributed by atoms with Crippen LogP contribution in [0.15, 0.2) is 88.2 Å². The van der Waals surface area contributed by atoms with E-state index in [-0.39, 0.29) is 28.9 Å². The summed E-state index contributed by atoms with van der Waals surface area (Å²) in [5, 5.41) is 23.4. The average Bonchev–Trinajstić information content (AvgIpc) is 3.30. The third-order valence-corrected chi connectivity index (χ3v) is 5.94. The minimum absolute atomic E-state index is 0.0128. The van der Waals surface area contributed by atoms with Gasteiger partial charge in [0, 0.05) is 47.3 Å². The molecule has 1 unspecified atom stereocenters. The van der Waals surface area contributed by atoms with E-state index in [2.05, 4.69) is 10.3 Å². The highest BCUT2D eigenvalue weighted by Gasteiger charge is 2.22. The molecule has 5 aromatic rings. The fourth-order valence-electron chi connectivity index (χ4n) is 4.18. The highest BCUT2D eigenvalue weighted by atomic mass is 16.5. The van der Waals surface area contributed by atoms with Gasteiger partial charge < -0.3 is 29.7 Å².